The van der Waals surface area contributed by atoms with Crippen molar-refractivity contribution in [2.45, 2.75) is 25.8 Å². The van der Waals surface area contributed by atoms with Gasteiger partial charge in [0.1, 0.15) is 6.54 Å². The summed E-state index contributed by atoms with van der Waals surface area (Å²) < 4.78 is 1.96. The van der Waals surface area contributed by atoms with E-state index in [2.05, 4.69) is 34.9 Å². The molecule has 2 heterocycles. The molecule has 5 nitrogen and oxygen atoms in total. The number of carbonyl (C=O) groups is 2. The van der Waals surface area contributed by atoms with Crippen molar-refractivity contribution < 1.29 is 9.59 Å². The fraction of sp³-hybridized carbons (Fsp3) is 0.172. The molecule has 0 saturated carbocycles. The maximum atomic E-state index is 12.6. The first-order valence-electron chi connectivity index (χ1n) is 11.7. The molecule has 5 heteroatoms. The number of hydrogen-bond donors (Lipinski definition) is 2. The van der Waals surface area contributed by atoms with Crippen molar-refractivity contribution in [1.82, 2.24) is 9.88 Å². The molecule has 0 spiro atoms. The van der Waals surface area contributed by atoms with Gasteiger partial charge >= 0.3 is 0 Å². The Morgan fingerprint density at radius 3 is 2.56 bits per heavy atom. The lowest BCUT2D eigenvalue weighted by molar-refractivity contribution is -0.121. The Morgan fingerprint density at radius 2 is 1.68 bits per heavy atom. The van der Waals surface area contributed by atoms with Crippen LogP contribution in [0.5, 0.6) is 0 Å². The summed E-state index contributed by atoms with van der Waals surface area (Å²) in [6.45, 7) is 0.907. The molecule has 2 N–H and O–H groups in total. The Balaban J connectivity index is 1.27. The molecular weight excluding hydrogens is 422 g/mol. The largest absolute Gasteiger partial charge is 0.355 e. The van der Waals surface area contributed by atoms with Crippen LogP contribution in [0.15, 0.2) is 85.1 Å². The number of nitrogens with zero attached hydrogens (tertiary/aromatic N) is 1. The average molecular weight is 450 g/mol. The summed E-state index contributed by atoms with van der Waals surface area (Å²) in [5.74, 6) is -0.116. The maximum Gasteiger partial charge on any atom is 0.256 e. The predicted molar refractivity (Wildman–Crippen MR) is 137 cm³/mol. The Morgan fingerprint density at radius 1 is 0.912 bits per heavy atom. The van der Waals surface area contributed by atoms with Crippen LogP contribution in [0, 0.1) is 0 Å². The minimum Gasteiger partial charge on any atom is -0.355 e. The summed E-state index contributed by atoms with van der Waals surface area (Å²) >= 11 is 0. The quantitative estimate of drug-likeness (QED) is 0.284. The van der Waals surface area contributed by atoms with E-state index in [4.69, 9.17) is 0 Å². The van der Waals surface area contributed by atoms with Crippen molar-refractivity contribution >= 4 is 40.1 Å². The van der Waals surface area contributed by atoms with Gasteiger partial charge in [-0.15, -0.1) is 0 Å². The second-order valence-corrected chi connectivity index (χ2v) is 8.58. The first kappa shape index (κ1) is 21.7. The van der Waals surface area contributed by atoms with Crippen LogP contribution in [0.1, 0.15) is 29.5 Å². The molecule has 0 saturated heterocycles. The number of nitrogens with one attached hydrogen (secondary N) is 2. The zero-order chi connectivity index (χ0) is 23.3. The Hall–Kier alpha value is -4.12. The van der Waals surface area contributed by atoms with E-state index < -0.39 is 0 Å². The van der Waals surface area contributed by atoms with Crippen LogP contribution in [0.2, 0.25) is 0 Å². The molecule has 0 atom stereocenters. The summed E-state index contributed by atoms with van der Waals surface area (Å²) in [7, 11) is 0. The van der Waals surface area contributed by atoms with Crippen molar-refractivity contribution in [1.29, 1.82) is 0 Å². The van der Waals surface area contributed by atoms with Gasteiger partial charge in [-0.25, -0.2) is 0 Å². The average Bonchev–Trinajstić information content (AvgIpc) is 3.37. The number of aromatic nitrogens is 1. The standard InChI is InChI=1S/C29H27N3O2/c33-28(30-17-9-8-12-21-10-2-1-3-11-21)20-32-19-22(23-13-5-7-16-27(23)32)18-25-24-14-4-6-15-26(24)31-29(25)34/h1-7,10-11,13-16,18-19H,8-9,12,17,20H2,(H,30,33)(H,31,34)/b25-18+. The van der Waals surface area contributed by atoms with Crippen molar-refractivity contribution in [2.75, 3.05) is 11.9 Å². The molecule has 1 aromatic heterocycles. The highest BCUT2D eigenvalue weighted by atomic mass is 16.2. The van der Waals surface area contributed by atoms with Gasteiger partial charge in [-0.1, -0.05) is 66.7 Å². The molecule has 3 aromatic carbocycles. The number of aryl methyl sites for hydroxylation is 1. The molecule has 5 rings (SSSR count). The number of amides is 2. The van der Waals surface area contributed by atoms with Gasteiger partial charge in [0.15, 0.2) is 0 Å². The molecule has 0 fully saturated rings. The summed E-state index contributed by atoms with van der Waals surface area (Å²) in [4.78, 5) is 25.2. The molecule has 4 aromatic rings. The van der Waals surface area contributed by atoms with Crippen molar-refractivity contribution in [3.05, 3.63) is 102 Å². The smallest absolute Gasteiger partial charge is 0.256 e. The van der Waals surface area contributed by atoms with Crippen LogP contribution < -0.4 is 10.6 Å². The van der Waals surface area contributed by atoms with Crippen molar-refractivity contribution in [2.24, 2.45) is 0 Å². The summed E-state index contributed by atoms with van der Waals surface area (Å²) in [5, 5.41) is 6.98. The zero-order valence-corrected chi connectivity index (χ0v) is 19.0. The monoisotopic (exact) mass is 449 g/mol. The highest BCUT2D eigenvalue weighted by Gasteiger charge is 2.24. The van der Waals surface area contributed by atoms with Gasteiger partial charge in [-0.05, 0) is 43.0 Å². The molecule has 0 bridgehead atoms. The van der Waals surface area contributed by atoms with E-state index in [0.29, 0.717) is 12.1 Å². The van der Waals surface area contributed by atoms with E-state index in [9.17, 15) is 9.59 Å². The Kier molecular flexibility index (Phi) is 6.25. The second-order valence-electron chi connectivity index (χ2n) is 8.58. The molecule has 1 aliphatic rings. The Labute approximate surface area is 199 Å². The summed E-state index contributed by atoms with van der Waals surface area (Å²) in [6.07, 6.45) is 6.88. The zero-order valence-electron chi connectivity index (χ0n) is 19.0. The third-order valence-electron chi connectivity index (χ3n) is 6.20. The highest BCUT2D eigenvalue weighted by molar-refractivity contribution is 6.35. The molecule has 2 amide bonds. The number of carbonyl (C=O) groups excluding carboxylic acids is 2. The van der Waals surface area contributed by atoms with E-state index >= 15 is 0 Å². The van der Waals surface area contributed by atoms with E-state index in [1.807, 2.05) is 71.4 Å². The minimum absolute atomic E-state index is 0.0105. The van der Waals surface area contributed by atoms with Gasteiger partial charge in [0.05, 0.1) is 0 Å². The molecule has 0 radical (unpaired) electrons. The van der Waals surface area contributed by atoms with Crippen molar-refractivity contribution in [3.63, 3.8) is 0 Å². The number of unbranched alkanes of at least 4 members (excludes halogenated alkanes) is 1. The van der Waals surface area contributed by atoms with Gasteiger partial charge in [0.2, 0.25) is 5.91 Å². The molecule has 170 valence electrons. The van der Waals surface area contributed by atoms with E-state index in [1.54, 1.807) is 0 Å². The van der Waals surface area contributed by atoms with Gasteiger partial charge < -0.3 is 15.2 Å². The van der Waals surface area contributed by atoms with Crippen LogP contribution in [0.4, 0.5) is 5.69 Å². The summed E-state index contributed by atoms with van der Waals surface area (Å²) in [5.41, 5.74) is 5.59. The number of rotatable bonds is 8. The van der Waals surface area contributed by atoms with E-state index in [-0.39, 0.29) is 18.4 Å². The first-order valence-corrected chi connectivity index (χ1v) is 11.7. The van der Waals surface area contributed by atoms with Crippen LogP contribution in [0.3, 0.4) is 0 Å². The number of fused-ring (bicyclic) bond motifs is 2. The third-order valence-corrected chi connectivity index (χ3v) is 6.20. The maximum absolute atomic E-state index is 12.6. The minimum atomic E-state index is -0.105. The predicted octanol–water partition coefficient (Wildman–Crippen LogP) is 5.27. The van der Waals surface area contributed by atoms with E-state index in [0.717, 1.165) is 47.0 Å². The Bertz CT molecular complexity index is 1370. The molecular formula is C29H27N3O2. The van der Waals surface area contributed by atoms with Crippen LogP contribution in [-0.4, -0.2) is 22.9 Å². The van der Waals surface area contributed by atoms with Crippen LogP contribution >= 0.6 is 0 Å². The number of benzene rings is 3. The fourth-order valence-corrected chi connectivity index (χ4v) is 4.50. The van der Waals surface area contributed by atoms with Crippen LogP contribution in [0.25, 0.3) is 22.6 Å². The normalized spacial score (nSPS) is 13.8. The lowest BCUT2D eigenvalue weighted by Crippen LogP contribution is -2.28. The third kappa shape index (κ3) is 4.64. The van der Waals surface area contributed by atoms with Crippen molar-refractivity contribution in [3.8, 4) is 0 Å². The van der Waals surface area contributed by atoms with Gasteiger partial charge in [-0.3, -0.25) is 9.59 Å². The lowest BCUT2D eigenvalue weighted by atomic mass is 10.0. The molecule has 34 heavy (non-hydrogen) atoms. The number of hydrogen-bond acceptors (Lipinski definition) is 2. The highest BCUT2D eigenvalue weighted by Crippen LogP contribution is 2.34. The van der Waals surface area contributed by atoms with E-state index in [1.165, 1.54) is 5.56 Å². The second kappa shape index (κ2) is 9.79. The number of para-hydroxylation sites is 2. The topological polar surface area (TPSA) is 63.1 Å². The number of anilines is 1. The molecule has 0 aliphatic carbocycles. The van der Waals surface area contributed by atoms with Crippen LogP contribution in [-0.2, 0) is 22.6 Å². The van der Waals surface area contributed by atoms with Gasteiger partial charge in [0.25, 0.3) is 5.91 Å². The summed E-state index contributed by atoms with van der Waals surface area (Å²) in [6, 6.07) is 26.1. The molecule has 1 aliphatic heterocycles. The SMILES string of the molecule is O=C(Cn1cc(/C=C2/C(=O)Nc3ccccc32)c2ccccc21)NCCCCc1ccccc1. The molecule has 0 unspecified atom stereocenters. The van der Waals surface area contributed by atoms with Gasteiger partial charge in [-0.2, -0.15) is 0 Å². The van der Waals surface area contributed by atoms with Gasteiger partial charge in [0, 0.05) is 46.0 Å². The lowest BCUT2D eigenvalue weighted by Gasteiger charge is -2.07. The first-order chi connectivity index (χ1) is 16.7. The fourth-order valence-electron chi connectivity index (χ4n) is 4.50.